The van der Waals surface area contributed by atoms with Crippen LogP contribution in [-0.4, -0.2) is 37.9 Å². The van der Waals surface area contributed by atoms with Crippen LogP contribution in [0.1, 0.15) is 12.5 Å². The topological polar surface area (TPSA) is 55.1 Å². The van der Waals surface area contributed by atoms with Crippen LogP contribution in [0.3, 0.4) is 0 Å². The summed E-state index contributed by atoms with van der Waals surface area (Å²) in [4.78, 5) is 15.4. The lowest BCUT2D eigenvalue weighted by atomic mass is 10.2. The molecule has 0 aliphatic rings. The zero-order valence-corrected chi connectivity index (χ0v) is 13.4. The minimum atomic E-state index is -0.816. The minimum Gasteiger partial charge on any atom is -0.481 e. The molecule has 0 spiro atoms. The fourth-order valence-electron chi connectivity index (χ4n) is 2.08. The molecular formula is C14H18N2O2S2. The van der Waals surface area contributed by atoms with E-state index in [0.717, 1.165) is 22.7 Å². The molecule has 20 heavy (non-hydrogen) atoms. The maximum atomic E-state index is 10.8. The number of benzene rings is 1. The molecule has 0 bridgehead atoms. The van der Waals surface area contributed by atoms with Crippen molar-refractivity contribution in [3.8, 4) is 0 Å². The quantitative estimate of drug-likeness (QED) is 0.830. The van der Waals surface area contributed by atoms with Crippen molar-refractivity contribution in [2.24, 2.45) is 0 Å². The van der Waals surface area contributed by atoms with Gasteiger partial charge in [-0.25, -0.2) is 4.98 Å². The van der Waals surface area contributed by atoms with E-state index in [9.17, 15) is 4.79 Å². The Morgan fingerprint density at radius 2 is 2.25 bits per heavy atom. The Kier molecular flexibility index (Phi) is 4.99. The average molecular weight is 310 g/mol. The van der Waals surface area contributed by atoms with Crippen LogP contribution in [0.2, 0.25) is 0 Å². The van der Waals surface area contributed by atoms with E-state index in [1.807, 2.05) is 12.1 Å². The second-order valence-corrected chi connectivity index (χ2v) is 6.90. The first-order valence-electron chi connectivity index (χ1n) is 6.36. The van der Waals surface area contributed by atoms with Gasteiger partial charge in [-0.1, -0.05) is 30.8 Å². The lowest BCUT2D eigenvalue weighted by molar-refractivity contribution is -0.133. The third-order valence-corrected chi connectivity index (χ3v) is 5.02. The van der Waals surface area contributed by atoms with Crippen molar-refractivity contribution in [3.05, 3.63) is 23.8 Å². The number of para-hydroxylation sites is 1. The van der Waals surface area contributed by atoms with Crippen molar-refractivity contribution in [1.82, 2.24) is 9.55 Å². The van der Waals surface area contributed by atoms with Crippen molar-refractivity contribution in [1.29, 1.82) is 0 Å². The van der Waals surface area contributed by atoms with E-state index >= 15 is 0 Å². The predicted octanol–water partition coefficient (Wildman–Crippen LogP) is 3.27. The van der Waals surface area contributed by atoms with Crippen LogP contribution < -0.4 is 0 Å². The molecule has 6 heteroatoms. The van der Waals surface area contributed by atoms with Crippen LogP contribution in [0.15, 0.2) is 23.4 Å². The molecule has 2 aromatic rings. The molecule has 0 aliphatic carbocycles. The van der Waals surface area contributed by atoms with E-state index < -0.39 is 5.97 Å². The first kappa shape index (κ1) is 15.3. The molecule has 2 rings (SSSR count). The van der Waals surface area contributed by atoms with Crippen molar-refractivity contribution < 1.29 is 9.90 Å². The lowest BCUT2D eigenvalue weighted by Crippen LogP contribution is -2.11. The zero-order chi connectivity index (χ0) is 14.7. The second kappa shape index (κ2) is 6.54. The SMILES string of the molecule is CSC(C)Cn1c(SCC(=O)O)nc2cccc(C)c21. The van der Waals surface area contributed by atoms with Gasteiger partial charge in [-0.3, -0.25) is 4.79 Å². The Balaban J connectivity index is 2.46. The lowest BCUT2D eigenvalue weighted by Gasteiger charge is -2.13. The van der Waals surface area contributed by atoms with E-state index in [4.69, 9.17) is 5.11 Å². The molecule has 0 radical (unpaired) electrons. The van der Waals surface area contributed by atoms with Gasteiger partial charge < -0.3 is 9.67 Å². The van der Waals surface area contributed by atoms with E-state index in [0.29, 0.717) is 5.25 Å². The van der Waals surface area contributed by atoms with Gasteiger partial charge >= 0.3 is 5.97 Å². The average Bonchev–Trinajstić information content (AvgIpc) is 2.75. The molecule has 1 heterocycles. The Morgan fingerprint density at radius 3 is 2.90 bits per heavy atom. The number of aliphatic carboxylic acids is 1. The van der Waals surface area contributed by atoms with Crippen LogP contribution in [0.25, 0.3) is 11.0 Å². The summed E-state index contributed by atoms with van der Waals surface area (Å²) < 4.78 is 2.15. The molecule has 0 saturated heterocycles. The highest BCUT2D eigenvalue weighted by Crippen LogP contribution is 2.27. The van der Waals surface area contributed by atoms with Gasteiger partial charge in [0, 0.05) is 11.8 Å². The standard InChI is InChI=1S/C14H18N2O2S2/c1-9-5-4-6-11-13(9)16(7-10(2)19-3)14(15-11)20-8-12(17)18/h4-6,10H,7-8H2,1-3H3,(H,17,18). The molecule has 1 aromatic carbocycles. The van der Waals surface area contributed by atoms with Crippen LogP contribution in [-0.2, 0) is 11.3 Å². The molecule has 0 fully saturated rings. The Morgan fingerprint density at radius 1 is 1.50 bits per heavy atom. The number of hydrogen-bond acceptors (Lipinski definition) is 4. The summed E-state index contributed by atoms with van der Waals surface area (Å²) >= 11 is 3.08. The number of aryl methyl sites for hydroxylation is 1. The normalized spacial score (nSPS) is 12.8. The number of carboxylic acid groups (broad SMARTS) is 1. The van der Waals surface area contributed by atoms with Crippen molar-refractivity contribution in [2.45, 2.75) is 30.8 Å². The number of fused-ring (bicyclic) bond motifs is 1. The number of nitrogens with zero attached hydrogens (tertiary/aromatic N) is 2. The summed E-state index contributed by atoms with van der Waals surface area (Å²) in [6.07, 6.45) is 2.08. The molecule has 1 N–H and O–H groups in total. The highest BCUT2D eigenvalue weighted by atomic mass is 32.2. The molecular weight excluding hydrogens is 292 g/mol. The van der Waals surface area contributed by atoms with E-state index in [2.05, 4.69) is 35.7 Å². The highest BCUT2D eigenvalue weighted by Gasteiger charge is 2.15. The Hall–Kier alpha value is -1.14. The number of carbonyl (C=O) groups is 1. The molecule has 108 valence electrons. The molecule has 0 saturated carbocycles. The smallest absolute Gasteiger partial charge is 0.313 e. The number of hydrogen-bond donors (Lipinski definition) is 1. The monoisotopic (exact) mass is 310 g/mol. The van der Waals surface area contributed by atoms with Gasteiger partial charge in [0.05, 0.1) is 16.8 Å². The summed E-state index contributed by atoms with van der Waals surface area (Å²) in [5.74, 6) is -0.779. The number of imidazole rings is 1. The number of carboxylic acids is 1. The third kappa shape index (κ3) is 3.30. The van der Waals surface area contributed by atoms with E-state index in [-0.39, 0.29) is 5.75 Å². The summed E-state index contributed by atoms with van der Waals surface area (Å²) in [6, 6.07) is 6.03. The van der Waals surface area contributed by atoms with Crippen molar-refractivity contribution in [2.75, 3.05) is 12.0 Å². The largest absolute Gasteiger partial charge is 0.481 e. The third-order valence-electron chi connectivity index (χ3n) is 3.10. The molecule has 0 amide bonds. The zero-order valence-electron chi connectivity index (χ0n) is 11.8. The van der Waals surface area contributed by atoms with Crippen LogP contribution in [0.4, 0.5) is 0 Å². The Labute approximate surface area is 127 Å². The van der Waals surface area contributed by atoms with Gasteiger partial charge in [0.15, 0.2) is 5.16 Å². The first-order chi connectivity index (χ1) is 9.52. The van der Waals surface area contributed by atoms with E-state index in [1.165, 1.54) is 17.3 Å². The highest BCUT2D eigenvalue weighted by molar-refractivity contribution is 7.99. The summed E-state index contributed by atoms with van der Waals surface area (Å²) in [5, 5.41) is 10.1. The summed E-state index contributed by atoms with van der Waals surface area (Å²) in [5.41, 5.74) is 3.22. The van der Waals surface area contributed by atoms with Gasteiger partial charge in [0.2, 0.25) is 0 Å². The molecule has 1 atom stereocenters. The fraction of sp³-hybridized carbons (Fsp3) is 0.429. The van der Waals surface area contributed by atoms with Crippen LogP contribution in [0.5, 0.6) is 0 Å². The fourth-order valence-corrected chi connectivity index (χ4v) is 3.12. The minimum absolute atomic E-state index is 0.0377. The predicted molar refractivity (Wildman–Crippen MR) is 85.8 cm³/mol. The van der Waals surface area contributed by atoms with Gasteiger partial charge in [-0.05, 0) is 24.8 Å². The molecule has 0 aliphatic heterocycles. The summed E-state index contributed by atoms with van der Waals surface area (Å²) in [6.45, 7) is 5.07. The van der Waals surface area contributed by atoms with E-state index in [1.54, 1.807) is 11.8 Å². The number of aromatic nitrogens is 2. The molecule has 1 aromatic heterocycles. The molecule has 4 nitrogen and oxygen atoms in total. The van der Waals surface area contributed by atoms with Gasteiger partial charge in [0.1, 0.15) is 0 Å². The van der Waals surface area contributed by atoms with Crippen LogP contribution in [0, 0.1) is 6.92 Å². The molecule has 1 unspecified atom stereocenters. The van der Waals surface area contributed by atoms with Crippen LogP contribution >= 0.6 is 23.5 Å². The maximum absolute atomic E-state index is 10.8. The van der Waals surface area contributed by atoms with Crippen molar-refractivity contribution in [3.63, 3.8) is 0 Å². The van der Waals surface area contributed by atoms with Crippen molar-refractivity contribution >= 4 is 40.5 Å². The summed E-state index contributed by atoms with van der Waals surface area (Å²) in [7, 11) is 0. The van der Waals surface area contributed by atoms with Gasteiger partial charge in [0.25, 0.3) is 0 Å². The first-order valence-corrected chi connectivity index (χ1v) is 8.63. The second-order valence-electron chi connectivity index (χ2n) is 4.68. The number of rotatable bonds is 6. The maximum Gasteiger partial charge on any atom is 0.313 e. The van der Waals surface area contributed by atoms with Gasteiger partial charge in [-0.2, -0.15) is 11.8 Å². The Bertz CT molecular complexity index is 625. The number of thioether (sulfide) groups is 2. The van der Waals surface area contributed by atoms with Gasteiger partial charge in [-0.15, -0.1) is 0 Å².